The van der Waals surface area contributed by atoms with Crippen LogP contribution in [0.15, 0.2) is 0 Å². The summed E-state index contributed by atoms with van der Waals surface area (Å²) in [5.74, 6) is 0.126. The van der Waals surface area contributed by atoms with Crippen LogP contribution in [0.5, 0.6) is 0 Å². The largest absolute Gasteiger partial charge is 0.290 e. The molecule has 5 heteroatoms. The number of hydrogen-bond acceptors (Lipinski definition) is 5. The lowest BCUT2D eigenvalue weighted by Crippen LogP contribution is -2.07. The van der Waals surface area contributed by atoms with Gasteiger partial charge in [0, 0.05) is 0 Å². The van der Waals surface area contributed by atoms with Crippen LogP contribution in [0.1, 0.15) is 30.7 Å². The zero-order valence-corrected chi connectivity index (χ0v) is 8.20. The lowest BCUT2D eigenvalue weighted by atomic mass is 10.0. The number of anilines is 1. The topological polar surface area (TPSA) is 81.8 Å². The molecule has 2 N–H and O–H groups in total. The number of nitrogens with zero attached hydrogens (tertiary/aromatic N) is 3. The van der Waals surface area contributed by atoms with Gasteiger partial charge in [-0.25, -0.2) is 5.48 Å². The van der Waals surface area contributed by atoms with Crippen molar-refractivity contribution in [2.24, 2.45) is 0 Å². The number of aryl methyl sites for hydroxylation is 1. The molecule has 0 aliphatic carbocycles. The standard InChI is InChI=1S/C9H12N4O/c1-3-6-7(5-10)9(13-14)12-11-8(6)4-2/h14H,3-4H2,1-2H3,(H,12,13). The predicted octanol–water partition coefficient (Wildman–Crippen LogP) is 1.27. The van der Waals surface area contributed by atoms with Crippen LogP contribution in [-0.2, 0) is 12.8 Å². The van der Waals surface area contributed by atoms with Gasteiger partial charge >= 0.3 is 0 Å². The summed E-state index contributed by atoms with van der Waals surface area (Å²) in [7, 11) is 0. The van der Waals surface area contributed by atoms with E-state index in [0.29, 0.717) is 12.0 Å². The molecule has 0 amide bonds. The van der Waals surface area contributed by atoms with Gasteiger partial charge in [0.2, 0.25) is 0 Å². The Balaban J connectivity index is 3.38. The van der Waals surface area contributed by atoms with E-state index in [1.165, 1.54) is 0 Å². The second-order valence-corrected chi connectivity index (χ2v) is 2.78. The van der Waals surface area contributed by atoms with Gasteiger partial charge in [-0.05, 0) is 18.4 Å². The van der Waals surface area contributed by atoms with Crippen LogP contribution >= 0.6 is 0 Å². The van der Waals surface area contributed by atoms with E-state index >= 15 is 0 Å². The van der Waals surface area contributed by atoms with E-state index in [9.17, 15) is 0 Å². The Morgan fingerprint density at radius 3 is 2.50 bits per heavy atom. The van der Waals surface area contributed by atoms with E-state index in [0.717, 1.165) is 17.7 Å². The van der Waals surface area contributed by atoms with Gasteiger partial charge in [-0.15, -0.1) is 5.10 Å². The Morgan fingerprint density at radius 1 is 1.36 bits per heavy atom. The molecule has 0 radical (unpaired) electrons. The van der Waals surface area contributed by atoms with Crippen molar-refractivity contribution in [2.45, 2.75) is 26.7 Å². The van der Waals surface area contributed by atoms with E-state index in [-0.39, 0.29) is 5.82 Å². The van der Waals surface area contributed by atoms with Crippen molar-refractivity contribution in [1.29, 1.82) is 5.26 Å². The summed E-state index contributed by atoms with van der Waals surface area (Å²) in [5, 5.41) is 25.3. The molecule has 1 rings (SSSR count). The second kappa shape index (κ2) is 4.53. The molecule has 0 saturated heterocycles. The number of rotatable bonds is 3. The summed E-state index contributed by atoms with van der Waals surface area (Å²) >= 11 is 0. The molecular formula is C9H12N4O. The first kappa shape index (κ1) is 10.4. The number of hydrogen-bond donors (Lipinski definition) is 2. The first-order valence-electron chi connectivity index (χ1n) is 4.47. The van der Waals surface area contributed by atoms with Crippen molar-refractivity contribution in [2.75, 3.05) is 5.48 Å². The third-order valence-electron chi connectivity index (χ3n) is 2.06. The third-order valence-corrected chi connectivity index (χ3v) is 2.06. The van der Waals surface area contributed by atoms with Gasteiger partial charge in [-0.1, -0.05) is 13.8 Å². The molecule has 0 bridgehead atoms. The maximum Gasteiger partial charge on any atom is 0.190 e. The van der Waals surface area contributed by atoms with Gasteiger partial charge < -0.3 is 0 Å². The Kier molecular flexibility index (Phi) is 3.37. The molecule has 0 aromatic carbocycles. The molecule has 0 fully saturated rings. The molecule has 1 aromatic heterocycles. The van der Waals surface area contributed by atoms with Crippen molar-refractivity contribution in [1.82, 2.24) is 10.2 Å². The summed E-state index contributed by atoms with van der Waals surface area (Å²) in [5.41, 5.74) is 3.91. The zero-order chi connectivity index (χ0) is 10.6. The Hall–Kier alpha value is -1.67. The maximum absolute atomic E-state index is 8.91. The third kappa shape index (κ3) is 1.65. The minimum atomic E-state index is 0.126. The van der Waals surface area contributed by atoms with Gasteiger partial charge in [0.25, 0.3) is 0 Å². The molecule has 0 atom stereocenters. The number of nitriles is 1. The summed E-state index contributed by atoms with van der Waals surface area (Å²) < 4.78 is 0. The molecule has 1 heterocycles. The molecule has 14 heavy (non-hydrogen) atoms. The average Bonchev–Trinajstić information content (AvgIpc) is 2.26. The van der Waals surface area contributed by atoms with Gasteiger partial charge in [-0.2, -0.15) is 10.4 Å². The molecule has 0 saturated carbocycles. The van der Waals surface area contributed by atoms with Crippen molar-refractivity contribution in [3.63, 3.8) is 0 Å². The summed E-state index contributed by atoms with van der Waals surface area (Å²) in [4.78, 5) is 0. The summed E-state index contributed by atoms with van der Waals surface area (Å²) in [6, 6.07) is 2.02. The monoisotopic (exact) mass is 192 g/mol. The van der Waals surface area contributed by atoms with Crippen LogP contribution in [-0.4, -0.2) is 15.4 Å². The van der Waals surface area contributed by atoms with Crippen molar-refractivity contribution >= 4 is 5.82 Å². The molecule has 0 aliphatic heterocycles. The molecule has 1 aromatic rings. The van der Waals surface area contributed by atoms with E-state index < -0.39 is 0 Å². The van der Waals surface area contributed by atoms with E-state index in [1.54, 1.807) is 0 Å². The normalized spacial score (nSPS) is 9.57. The minimum absolute atomic E-state index is 0.126. The fourth-order valence-corrected chi connectivity index (χ4v) is 1.37. The number of nitrogens with one attached hydrogen (secondary N) is 1. The smallest absolute Gasteiger partial charge is 0.190 e. The molecule has 5 nitrogen and oxygen atoms in total. The molecule has 0 unspecified atom stereocenters. The molecule has 74 valence electrons. The lowest BCUT2D eigenvalue weighted by molar-refractivity contribution is 0.384. The molecular weight excluding hydrogens is 180 g/mol. The van der Waals surface area contributed by atoms with E-state index in [1.807, 2.05) is 25.4 Å². The van der Waals surface area contributed by atoms with Crippen LogP contribution in [0.4, 0.5) is 5.82 Å². The average molecular weight is 192 g/mol. The van der Waals surface area contributed by atoms with Crippen LogP contribution in [0.25, 0.3) is 0 Å². The van der Waals surface area contributed by atoms with Crippen LogP contribution in [0.2, 0.25) is 0 Å². The van der Waals surface area contributed by atoms with Crippen molar-refractivity contribution < 1.29 is 5.21 Å². The summed E-state index contributed by atoms with van der Waals surface area (Å²) in [6.45, 7) is 3.90. The molecule has 0 spiro atoms. The molecule has 0 aliphatic rings. The van der Waals surface area contributed by atoms with Crippen molar-refractivity contribution in [3.8, 4) is 6.07 Å². The lowest BCUT2D eigenvalue weighted by Gasteiger charge is -2.08. The van der Waals surface area contributed by atoms with Crippen LogP contribution in [0.3, 0.4) is 0 Å². The fraction of sp³-hybridized carbons (Fsp3) is 0.444. The fourth-order valence-electron chi connectivity index (χ4n) is 1.37. The highest BCUT2D eigenvalue weighted by atomic mass is 16.5. The first-order valence-corrected chi connectivity index (χ1v) is 4.47. The quantitative estimate of drug-likeness (QED) is 0.705. The SMILES string of the molecule is CCc1nnc(NO)c(C#N)c1CC. The highest BCUT2D eigenvalue weighted by Gasteiger charge is 2.13. The van der Waals surface area contributed by atoms with Crippen LogP contribution < -0.4 is 5.48 Å². The van der Waals surface area contributed by atoms with E-state index in [2.05, 4.69) is 10.2 Å². The zero-order valence-electron chi connectivity index (χ0n) is 8.20. The van der Waals surface area contributed by atoms with E-state index in [4.69, 9.17) is 10.5 Å². The minimum Gasteiger partial charge on any atom is -0.290 e. The first-order chi connectivity index (χ1) is 6.78. The summed E-state index contributed by atoms with van der Waals surface area (Å²) in [6.07, 6.45) is 1.44. The highest BCUT2D eigenvalue weighted by molar-refractivity contribution is 5.55. The maximum atomic E-state index is 8.91. The van der Waals surface area contributed by atoms with Gasteiger partial charge in [0.1, 0.15) is 11.6 Å². The Labute approximate surface area is 82.4 Å². The Bertz CT molecular complexity index is 370. The van der Waals surface area contributed by atoms with Gasteiger partial charge in [0.15, 0.2) is 5.82 Å². The van der Waals surface area contributed by atoms with Crippen molar-refractivity contribution in [3.05, 3.63) is 16.8 Å². The second-order valence-electron chi connectivity index (χ2n) is 2.78. The number of aromatic nitrogens is 2. The van der Waals surface area contributed by atoms with Crippen LogP contribution in [0, 0.1) is 11.3 Å². The Morgan fingerprint density at radius 2 is 2.07 bits per heavy atom. The highest BCUT2D eigenvalue weighted by Crippen LogP contribution is 2.18. The van der Waals surface area contributed by atoms with Gasteiger partial charge in [-0.3, -0.25) is 5.21 Å². The predicted molar refractivity (Wildman–Crippen MR) is 50.9 cm³/mol. The van der Waals surface area contributed by atoms with Gasteiger partial charge in [0.05, 0.1) is 5.69 Å².